The van der Waals surface area contributed by atoms with Crippen molar-refractivity contribution in [2.24, 2.45) is 0 Å². The number of amides is 1. The molecular weight excluding hydrogens is 240 g/mol. The van der Waals surface area contributed by atoms with Gasteiger partial charge in [0, 0.05) is 11.4 Å². The summed E-state index contributed by atoms with van der Waals surface area (Å²) in [7, 11) is 0. The molecule has 4 nitrogen and oxygen atoms in total. The number of aryl methyl sites for hydroxylation is 1. The summed E-state index contributed by atoms with van der Waals surface area (Å²) in [5.41, 5.74) is 7.78. The van der Waals surface area contributed by atoms with Crippen LogP contribution < -0.4 is 11.1 Å². The molecule has 1 aromatic carbocycles. The van der Waals surface area contributed by atoms with Gasteiger partial charge in [-0.2, -0.15) is 0 Å². The second-order valence-electron chi connectivity index (χ2n) is 5.44. The molecule has 0 aliphatic carbocycles. The summed E-state index contributed by atoms with van der Waals surface area (Å²) in [5, 5.41) is 2.86. The molecular formula is C15H24N2O2. The molecule has 19 heavy (non-hydrogen) atoms. The fourth-order valence-corrected chi connectivity index (χ4v) is 1.68. The summed E-state index contributed by atoms with van der Waals surface area (Å²) in [4.78, 5) is 12.1. The van der Waals surface area contributed by atoms with Crippen molar-refractivity contribution in [3.63, 3.8) is 0 Å². The highest BCUT2D eigenvalue weighted by atomic mass is 16.5. The lowest BCUT2D eigenvalue weighted by Gasteiger charge is -2.27. The molecule has 0 spiro atoms. The van der Waals surface area contributed by atoms with Crippen molar-refractivity contribution >= 4 is 17.3 Å². The number of nitrogens with two attached hydrogens (primary N) is 1. The minimum atomic E-state index is -0.494. The maximum Gasteiger partial charge on any atom is 0.253 e. The van der Waals surface area contributed by atoms with Gasteiger partial charge in [-0.25, -0.2) is 0 Å². The van der Waals surface area contributed by atoms with Crippen LogP contribution in [0.15, 0.2) is 18.2 Å². The molecule has 0 heterocycles. The van der Waals surface area contributed by atoms with E-state index < -0.39 is 6.10 Å². The summed E-state index contributed by atoms with van der Waals surface area (Å²) in [6.45, 7) is 9.66. The standard InChI is InChI=1S/C15H24N2O2/c1-6-15(4,5)19-11(3)14(18)17-13-8-7-12(16)9-10(13)2/h7-9,11H,6,16H2,1-5H3,(H,17,18). The average molecular weight is 264 g/mol. The van der Waals surface area contributed by atoms with Crippen LogP contribution in [0.2, 0.25) is 0 Å². The summed E-state index contributed by atoms with van der Waals surface area (Å²) in [6.07, 6.45) is 0.359. The van der Waals surface area contributed by atoms with E-state index in [9.17, 15) is 4.79 Å². The molecule has 0 saturated heterocycles. The van der Waals surface area contributed by atoms with Gasteiger partial charge >= 0.3 is 0 Å². The molecule has 0 aromatic heterocycles. The zero-order chi connectivity index (χ0) is 14.6. The van der Waals surface area contributed by atoms with Gasteiger partial charge in [0.1, 0.15) is 6.10 Å². The molecule has 4 heteroatoms. The van der Waals surface area contributed by atoms with E-state index in [2.05, 4.69) is 5.32 Å². The van der Waals surface area contributed by atoms with Crippen molar-refractivity contribution in [3.8, 4) is 0 Å². The normalized spacial score (nSPS) is 13.1. The van der Waals surface area contributed by atoms with E-state index >= 15 is 0 Å². The van der Waals surface area contributed by atoms with Gasteiger partial charge < -0.3 is 15.8 Å². The lowest BCUT2D eigenvalue weighted by Crippen LogP contribution is -2.36. The smallest absolute Gasteiger partial charge is 0.253 e. The third-order valence-corrected chi connectivity index (χ3v) is 3.22. The first-order valence-electron chi connectivity index (χ1n) is 6.60. The first-order valence-corrected chi connectivity index (χ1v) is 6.60. The Kier molecular flexibility index (Phi) is 4.95. The van der Waals surface area contributed by atoms with Crippen LogP contribution in [-0.4, -0.2) is 17.6 Å². The van der Waals surface area contributed by atoms with Gasteiger partial charge in [-0.15, -0.1) is 0 Å². The molecule has 3 N–H and O–H groups in total. The molecule has 0 aliphatic heterocycles. The Bertz CT molecular complexity index is 455. The number of nitrogens with one attached hydrogen (secondary N) is 1. The number of rotatable bonds is 5. The Balaban J connectivity index is 2.69. The van der Waals surface area contributed by atoms with Gasteiger partial charge in [-0.05, 0) is 57.9 Å². The van der Waals surface area contributed by atoms with Crippen LogP contribution in [0.5, 0.6) is 0 Å². The predicted molar refractivity (Wildman–Crippen MR) is 79.1 cm³/mol. The molecule has 1 unspecified atom stereocenters. The van der Waals surface area contributed by atoms with Gasteiger partial charge in [-0.1, -0.05) is 6.92 Å². The highest BCUT2D eigenvalue weighted by molar-refractivity contribution is 5.94. The van der Waals surface area contributed by atoms with E-state index in [1.54, 1.807) is 19.1 Å². The summed E-state index contributed by atoms with van der Waals surface area (Å²) in [5.74, 6) is -0.144. The Morgan fingerprint density at radius 1 is 1.47 bits per heavy atom. The number of carbonyl (C=O) groups excluding carboxylic acids is 1. The van der Waals surface area contributed by atoms with E-state index in [-0.39, 0.29) is 11.5 Å². The monoisotopic (exact) mass is 264 g/mol. The van der Waals surface area contributed by atoms with Gasteiger partial charge in [-0.3, -0.25) is 4.79 Å². The van der Waals surface area contributed by atoms with Crippen molar-refractivity contribution < 1.29 is 9.53 Å². The zero-order valence-corrected chi connectivity index (χ0v) is 12.4. The molecule has 1 atom stereocenters. The van der Waals surface area contributed by atoms with Gasteiger partial charge in [0.05, 0.1) is 5.60 Å². The number of anilines is 2. The number of nitrogen functional groups attached to an aromatic ring is 1. The maximum absolute atomic E-state index is 12.1. The third-order valence-electron chi connectivity index (χ3n) is 3.22. The Morgan fingerprint density at radius 3 is 2.63 bits per heavy atom. The van der Waals surface area contributed by atoms with Crippen molar-refractivity contribution in [2.75, 3.05) is 11.1 Å². The quantitative estimate of drug-likeness (QED) is 0.803. The second kappa shape index (κ2) is 6.06. The van der Waals surface area contributed by atoms with Gasteiger partial charge in [0.15, 0.2) is 0 Å². The predicted octanol–water partition coefficient (Wildman–Crippen LogP) is 3.11. The summed E-state index contributed by atoms with van der Waals surface area (Å²) < 4.78 is 5.75. The summed E-state index contributed by atoms with van der Waals surface area (Å²) in [6, 6.07) is 5.40. The largest absolute Gasteiger partial charge is 0.399 e. The number of benzene rings is 1. The minimum Gasteiger partial charge on any atom is -0.399 e. The van der Waals surface area contributed by atoms with E-state index in [4.69, 9.17) is 10.5 Å². The van der Waals surface area contributed by atoms with Crippen molar-refractivity contribution in [1.82, 2.24) is 0 Å². The highest BCUT2D eigenvalue weighted by Gasteiger charge is 2.23. The van der Waals surface area contributed by atoms with Crippen LogP contribution in [0.1, 0.15) is 39.7 Å². The van der Waals surface area contributed by atoms with Crippen molar-refractivity contribution in [1.29, 1.82) is 0 Å². The van der Waals surface area contributed by atoms with E-state index in [0.29, 0.717) is 5.69 Å². The highest BCUT2D eigenvalue weighted by Crippen LogP contribution is 2.20. The van der Waals surface area contributed by atoms with Crippen LogP contribution >= 0.6 is 0 Å². The summed E-state index contributed by atoms with van der Waals surface area (Å²) >= 11 is 0. The van der Waals surface area contributed by atoms with E-state index in [1.807, 2.05) is 33.8 Å². The first kappa shape index (κ1) is 15.5. The number of hydrogen-bond acceptors (Lipinski definition) is 3. The Morgan fingerprint density at radius 2 is 2.11 bits per heavy atom. The molecule has 0 fully saturated rings. The maximum atomic E-state index is 12.1. The number of ether oxygens (including phenoxy) is 1. The van der Waals surface area contributed by atoms with Crippen LogP contribution in [0, 0.1) is 6.92 Å². The first-order chi connectivity index (χ1) is 8.75. The lowest BCUT2D eigenvalue weighted by molar-refractivity contribution is -0.137. The lowest BCUT2D eigenvalue weighted by atomic mass is 10.1. The van der Waals surface area contributed by atoms with Crippen molar-refractivity contribution in [2.45, 2.75) is 52.7 Å². The molecule has 106 valence electrons. The van der Waals surface area contributed by atoms with Gasteiger partial charge in [0.2, 0.25) is 0 Å². The second-order valence-corrected chi connectivity index (χ2v) is 5.44. The SMILES string of the molecule is CCC(C)(C)OC(C)C(=O)Nc1ccc(N)cc1C. The third kappa shape index (κ3) is 4.56. The number of hydrogen-bond donors (Lipinski definition) is 2. The van der Waals surface area contributed by atoms with Crippen LogP contribution in [-0.2, 0) is 9.53 Å². The molecule has 1 amide bonds. The van der Waals surface area contributed by atoms with Crippen LogP contribution in [0.4, 0.5) is 11.4 Å². The average Bonchev–Trinajstić information content (AvgIpc) is 2.32. The molecule has 0 radical (unpaired) electrons. The topological polar surface area (TPSA) is 64.3 Å². The zero-order valence-electron chi connectivity index (χ0n) is 12.4. The van der Waals surface area contributed by atoms with E-state index in [0.717, 1.165) is 17.7 Å². The van der Waals surface area contributed by atoms with E-state index in [1.165, 1.54) is 0 Å². The number of carbonyl (C=O) groups is 1. The molecule has 1 aromatic rings. The van der Waals surface area contributed by atoms with Gasteiger partial charge in [0.25, 0.3) is 5.91 Å². The minimum absolute atomic E-state index is 0.144. The van der Waals surface area contributed by atoms with Crippen molar-refractivity contribution in [3.05, 3.63) is 23.8 Å². The molecule has 1 rings (SSSR count). The van der Waals surface area contributed by atoms with Crippen LogP contribution in [0.3, 0.4) is 0 Å². The van der Waals surface area contributed by atoms with Crippen LogP contribution in [0.25, 0.3) is 0 Å². The fraction of sp³-hybridized carbons (Fsp3) is 0.533. The molecule has 0 aliphatic rings. The Labute approximate surface area is 115 Å². The molecule has 0 bridgehead atoms. The fourth-order valence-electron chi connectivity index (χ4n) is 1.68. The molecule has 0 saturated carbocycles. The Hall–Kier alpha value is -1.55.